The second-order valence-electron chi connectivity index (χ2n) is 7.20. The second-order valence-corrected chi connectivity index (χ2v) is 8.06. The normalized spacial score (nSPS) is 23.8. The minimum atomic E-state index is -0.434. The topological polar surface area (TPSA) is 39.5 Å². The maximum atomic E-state index is 5.81. The fourth-order valence-corrected chi connectivity index (χ4v) is 4.17. The number of rotatable bonds is 2. The van der Waals surface area contributed by atoms with Gasteiger partial charge in [0.1, 0.15) is 0 Å². The van der Waals surface area contributed by atoms with Crippen LogP contribution in [0.3, 0.4) is 0 Å². The Kier molecular flexibility index (Phi) is 4.41. The Labute approximate surface area is 151 Å². The molecule has 2 aromatic rings. The standard InChI is InChI=1S/C18H24BrN3O2/c1-18(2)23-11-14(12-24-18)21-8-6-13(7-9-21)22-17-5-3-4-16(19)15(17)10-20-22/h3-5,10,13-14H,6-9,11-12H2,1-2H3. The van der Waals surface area contributed by atoms with Gasteiger partial charge in [0.15, 0.2) is 5.79 Å². The lowest BCUT2D eigenvalue weighted by Gasteiger charge is -2.42. The number of benzene rings is 1. The molecule has 6 heteroatoms. The van der Waals surface area contributed by atoms with Crippen molar-refractivity contribution in [2.24, 2.45) is 0 Å². The number of nitrogens with zero attached hydrogens (tertiary/aromatic N) is 3. The van der Waals surface area contributed by atoms with Crippen LogP contribution < -0.4 is 0 Å². The number of piperidine rings is 1. The van der Waals surface area contributed by atoms with E-state index < -0.39 is 5.79 Å². The summed E-state index contributed by atoms with van der Waals surface area (Å²) in [6, 6.07) is 7.15. The highest BCUT2D eigenvalue weighted by molar-refractivity contribution is 9.10. The first kappa shape index (κ1) is 16.5. The summed E-state index contributed by atoms with van der Waals surface area (Å²) < 4.78 is 14.9. The summed E-state index contributed by atoms with van der Waals surface area (Å²) in [4.78, 5) is 2.51. The van der Waals surface area contributed by atoms with Crippen LogP contribution in [0, 0.1) is 0 Å². The van der Waals surface area contributed by atoms with E-state index in [1.54, 1.807) is 0 Å². The number of aromatic nitrogens is 2. The van der Waals surface area contributed by atoms with Gasteiger partial charge >= 0.3 is 0 Å². The molecule has 1 aromatic carbocycles. The van der Waals surface area contributed by atoms with Crippen LogP contribution in [0.4, 0.5) is 0 Å². The van der Waals surface area contributed by atoms with Crippen LogP contribution in [-0.2, 0) is 9.47 Å². The van der Waals surface area contributed by atoms with Crippen LogP contribution in [-0.4, -0.2) is 52.8 Å². The summed E-state index contributed by atoms with van der Waals surface area (Å²) in [5, 5.41) is 5.85. The first-order chi connectivity index (χ1) is 11.5. The Morgan fingerprint density at radius 1 is 1.12 bits per heavy atom. The number of ether oxygens (including phenoxy) is 2. The van der Waals surface area contributed by atoms with Gasteiger partial charge in [-0.2, -0.15) is 5.10 Å². The lowest BCUT2D eigenvalue weighted by Crippen LogP contribution is -2.52. The van der Waals surface area contributed by atoms with Gasteiger partial charge in [0.25, 0.3) is 0 Å². The van der Waals surface area contributed by atoms with E-state index in [4.69, 9.17) is 9.47 Å². The fourth-order valence-electron chi connectivity index (χ4n) is 3.72. The minimum Gasteiger partial charge on any atom is -0.349 e. The molecule has 0 atom stereocenters. The zero-order chi connectivity index (χ0) is 16.7. The second kappa shape index (κ2) is 6.41. The third-order valence-corrected chi connectivity index (χ3v) is 5.89. The molecule has 0 radical (unpaired) electrons. The molecular formula is C18H24BrN3O2. The minimum absolute atomic E-state index is 0.377. The van der Waals surface area contributed by atoms with E-state index in [1.807, 2.05) is 20.0 Å². The van der Waals surface area contributed by atoms with E-state index in [0.29, 0.717) is 12.1 Å². The summed E-state index contributed by atoms with van der Waals surface area (Å²) in [6.45, 7) is 7.62. The number of likely N-dealkylation sites (tertiary alicyclic amines) is 1. The van der Waals surface area contributed by atoms with Crippen molar-refractivity contribution in [3.8, 4) is 0 Å². The van der Waals surface area contributed by atoms with Gasteiger partial charge in [0, 0.05) is 22.9 Å². The summed E-state index contributed by atoms with van der Waals surface area (Å²) in [5.41, 5.74) is 1.22. The molecule has 2 aliphatic heterocycles. The predicted octanol–water partition coefficient (Wildman–Crippen LogP) is 3.59. The molecule has 2 aliphatic rings. The SMILES string of the molecule is CC1(C)OCC(N2CCC(n3ncc4c(Br)cccc43)CC2)CO1. The van der Waals surface area contributed by atoms with Crippen molar-refractivity contribution in [2.45, 2.75) is 44.6 Å². The number of hydrogen-bond donors (Lipinski definition) is 0. The Morgan fingerprint density at radius 3 is 2.54 bits per heavy atom. The van der Waals surface area contributed by atoms with Crippen molar-refractivity contribution in [1.29, 1.82) is 0 Å². The van der Waals surface area contributed by atoms with Crippen molar-refractivity contribution in [3.05, 3.63) is 28.9 Å². The summed E-state index contributed by atoms with van der Waals surface area (Å²) in [7, 11) is 0. The van der Waals surface area contributed by atoms with Crippen LogP contribution in [0.5, 0.6) is 0 Å². The van der Waals surface area contributed by atoms with Crippen LogP contribution in [0.2, 0.25) is 0 Å². The highest BCUT2D eigenvalue weighted by Gasteiger charge is 2.33. The largest absolute Gasteiger partial charge is 0.349 e. The predicted molar refractivity (Wildman–Crippen MR) is 97.0 cm³/mol. The van der Waals surface area contributed by atoms with Crippen LogP contribution in [0.1, 0.15) is 32.7 Å². The Bertz CT molecular complexity index is 712. The Hall–Kier alpha value is -0.950. The number of halogens is 1. The quantitative estimate of drug-likeness (QED) is 0.781. The first-order valence-corrected chi connectivity index (χ1v) is 9.46. The molecule has 2 fully saturated rings. The van der Waals surface area contributed by atoms with Gasteiger partial charge in [-0.3, -0.25) is 9.58 Å². The number of fused-ring (bicyclic) bond motifs is 1. The van der Waals surface area contributed by atoms with Gasteiger partial charge in [-0.15, -0.1) is 0 Å². The number of hydrogen-bond acceptors (Lipinski definition) is 4. The fraction of sp³-hybridized carbons (Fsp3) is 0.611. The van der Waals surface area contributed by atoms with Gasteiger partial charge < -0.3 is 9.47 Å². The zero-order valence-corrected chi connectivity index (χ0v) is 15.8. The van der Waals surface area contributed by atoms with Crippen LogP contribution in [0.15, 0.2) is 28.9 Å². The maximum Gasteiger partial charge on any atom is 0.162 e. The van der Waals surface area contributed by atoms with Crippen molar-refractivity contribution in [1.82, 2.24) is 14.7 Å². The molecule has 130 valence electrons. The van der Waals surface area contributed by atoms with E-state index >= 15 is 0 Å². The Morgan fingerprint density at radius 2 is 1.83 bits per heavy atom. The van der Waals surface area contributed by atoms with Crippen LogP contribution >= 0.6 is 15.9 Å². The lowest BCUT2D eigenvalue weighted by atomic mass is 10.0. The molecular weight excluding hydrogens is 370 g/mol. The van der Waals surface area contributed by atoms with Gasteiger partial charge in [-0.05, 0) is 38.8 Å². The maximum absolute atomic E-state index is 5.81. The lowest BCUT2D eigenvalue weighted by molar-refractivity contribution is -0.264. The molecule has 4 rings (SSSR count). The molecule has 0 saturated carbocycles. The van der Waals surface area contributed by atoms with E-state index in [9.17, 15) is 0 Å². The van der Waals surface area contributed by atoms with Gasteiger partial charge in [-0.1, -0.05) is 22.0 Å². The average Bonchev–Trinajstić information content (AvgIpc) is 3.01. The molecule has 0 bridgehead atoms. The third kappa shape index (κ3) is 3.12. The van der Waals surface area contributed by atoms with E-state index in [1.165, 1.54) is 10.9 Å². The molecule has 0 aliphatic carbocycles. The van der Waals surface area contributed by atoms with Crippen molar-refractivity contribution < 1.29 is 9.47 Å². The van der Waals surface area contributed by atoms with Crippen molar-refractivity contribution in [3.63, 3.8) is 0 Å². The highest BCUT2D eigenvalue weighted by Crippen LogP contribution is 2.31. The molecule has 2 saturated heterocycles. The summed E-state index contributed by atoms with van der Waals surface area (Å²) >= 11 is 3.62. The monoisotopic (exact) mass is 393 g/mol. The van der Waals surface area contributed by atoms with Crippen molar-refractivity contribution in [2.75, 3.05) is 26.3 Å². The molecule has 3 heterocycles. The van der Waals surface area contributed by atoms with E-state index in [-0.39, 0.29) is 0 Å². The first-order valence-electron chi connectivity index (χ1n) is 8.67. The van der Waals surface area contributed by atoms with Gasteiger partial charge in [0.2, 0.25) is 0 Å². The van der Waals surface area contributed by atoms with Gasteiger partial charge in [-0.25, -0.2) is 0 Å². The van der Waals surface area contributed by atoms with Crippen molar-refractivity contribution >= 4 is 26.8 Å². The highest BCUT2D eigenvalue weighted by atomic mass is 79.9. The molecule has 0 spiro atoms. The van der Waals surface area contributed by atoms with E-state index in [2.05, 4.69) is 48.8 Å². The Balaban J connectivity index is 1.42. The molecule has 0 N–H and O–H groups in total. The molecule has 24 heavy (non-hydrogen) atoms. The molecule has 0 unspecified atom stereocenters. The smallest absolute Gasteiger partial charge is 0.162 e. The summed E-state index contributed by atoms with van der Waals surface area (Å²) in [5.74, 6) is -0.434. The third-order valence-electron chi connectivity index (χ3n) is 5.20. The van der Waals surface area contributed by atoms with Crippen LogP contribution in [0.25, 0.3) is 10.9 Å². The van der Waals surface area contributed by atoms with E-state index in [0.717, 1.165) is 43.6 Å². The zero-order valence-electron chi connectivity index (χ0n) is 14.2. The van der Waals surface area contributed by atoms with Gasteiger partial charge in [0.05, 0.1) is 37.0 Å². The molecule has 5 nitrogen and oxygen atoms in total. The molecule has 1 aromatic heterocycles. The average molecular weight is 394 g/mol. The molecule has 0 amide bonds. The summed E-state index contributed by atoms with van der Waals surface area (Å²) in [6.07, 6.45) is 4.20.